The van der Waals surface area contributed by atoms with Crippen molar-refractivity contribution >= 4 is 11.8 Å². The lowest BCUT2D eigenvalue weighted by Gasteiger charge is -2.10. The number of hydrogen-bond acceptors (Lipinski definition) is 3. The number of ether oxygens (including phenoxy) is 2. The summed E-state index contributed by atoms with van der Waals surface area (Å²) in [5, 5.41) is 0. The molecule has 0 amide bonds. The molecule has 1 aromatic rings. The Bertz CT molecular complexity index is 305. The molecule has 1 aromatic carbocycles. The highest BCUT2D eigenvalue weighted by Crippen LogP contribution is 2.29. The number of hydrogen-bond donors (Lipinski definition) is 0. The Morgan fingerprint density at radius 2 is 2.20 bits per heavy atom. The van der Waals surface area contributed by atoms with Gasteiger partial charge in [0.05, 0.1) is 13.7 Å². The Labute approximate surface area is 93.8 Å². The molecule has 1 rings (SSSR count). The first kappa shape index (κ1) is 12.2. The van der Waals surface area contributed by atoms with Gasteiger partial charge in [0.1, 0.15) is 0 Å². The molecule has 0 fully saturated rings. The van der Waals surface area contributed by atoms with E-state index in [1.54, 1.807) is 23.9 Å². The fourth-order valence-corrected chi connectivity index (χ4v) is 1.63. The van der Waals surface area contributed by atoms with E-state index in [-0.39, 0.29) is 11.6 Å². The lowest BCUT2D eigenvalue weighted by molar-refractivity contribution is 0.297. The second kappa shape index (κ2) is 6.56. The number of rotatable bonds is 6. The van der Waals surface area contributed by atoms with Crippen molar-refractivity contribution in [3.05, 3.63) is 24.0 Å². The molecule has 0 aliphatic rings. The van der Waals surface area contributed by atoms with Crippen molar-refractivity contribution in [3.8, 4) is 11.5 Å². The maximum Gasteiger partial charge on any atom is 0.197 e. The molecule has 0 aromatic heterocycles. The van der Waals surface area contributed by atoms with E-state index in [4.69, 9.17) is 9.47 Å². The van der Waals surface area contributed by atoms with Crippen LogP contribution in [0.1, 0.15) is 6.92 Å². The summed E-state index contributed by atoms with van der Waals surface area (Å²) < 4.78 is 23.7. The first-order valence-electron chi connectivity index (χ1n) is 4.82. The molecule has 4 heteroatoms. The van der Waals surface area contributed by atoms with Crippen LogP contribution in [0.5, 0.6) is 11.5 Å². The summed E-state index contributed by atoms with van der Waals surface area (Å²) in [6.45, 7) is 2.57. The summed E-state index contributed by atoms with van der Waals surface area (Å²) in [6, 6.07) is 4.65. The number of halogens is 1. The molecule has 0 saturated heterocycles. The molecule has 0 N–H and O–H groups in total. The van der Waals surface area contributed by atoms with Crippen molar-refractivity contribution < 1.29 is 13.9 Å². The largest absolute Gasteiger partial charge is 0.493 e. The SMILES string of the molecule is CCSCCOc1c(F)cccc1OC. The van der Waals surface area contributed by atoms with Gasteiger partial charge in [-0.1, -0.05) is 13.0 Å². The lowest BCUT2D eigenvalue weighted by Crippen LogP contribution is -2.03. The van der Waals surface area contributed by atoms with Gasteiger partial charge in [-0.3, -0.25) is 0 Å². The third kappa shape index (κ3) is 3.63. The van der Waals surface area contributed by atoms with Gasteiger partial charge in [0.15, 0.2) is 17.3 Å². The van der Waals surface area contributed by atoms with Crippen LogP contribution in [0, 0.1) is 5.82 Å². The lowest BCUT2D eigenvalue weighted by atomic mass is 10.3. The van der Waals surface area contributed by atoms with Crippen LogP contribution >= 0.6 is 11.8 Å². The average Bonchev–Trinajstić information content (AvgIpc) is 2.26. The van der Waals surface area contributed by atoms with Crippen LogP contribution in [0.2, 0.25) is 0 Å². The van der Waals surface area contributed by atoms with Gasteiger partial charge in [-0.25, -0.2) is 4.39 Å². The highest BCUT2D eigenvalue weighted by atomic mass is 32.2. The molecule has 0 atom stereocenters. The summed E-state index contributed by atoms with van der Waals surface area (Å²) in [7, 11) is 1.50. The van der Waals surface area contributed by atoms with Gasteiger partial charge in [0, 0.05) is 5.75 Å². The molecule has 2 nitrogen and oxygen atoms in total. The molecule has 0 heterocycles. The normalized spacial score (nSPS) is 10.1. The van der Waals surface area contributed by atoms with Crippen LogP contribution < -0.4 is 9.47 Å². The van der Waals surface area contributed by atoms with E-state index in [9.17, 15) is 4.39 Å². The second-order valence-corrected chi connectivity index (χ2v) is 4.21. The van der Waals surface area contributed by atoms with Gasteiger partial charge < -0.3 is 9.47 Å². The fourth-order valence-electron chi connectivity index (χ4n) is 1.14. The summed E-state index contributed by atoms with van der Waals surface area (Å²) in [6.07, 6.45) is 0. The first-order valence-corrected chi connectivity index (χ1v) is 5.98. The van der Waals surface area contributed by atoms with Gasteiger partial charge in [0.2, 0.25) is 0 Å². The van der Waals surface area contributed by atoms with Crippen molar-refractivity contribution in [3.63, 3.8) is 0 Å². The van der Waals surface area contributed by atoms with Crippen molar-refractivity contribution in [2.24, 2.45) is 0 Å². The van der Waals surface area contributed by atoms with Crippen LogP contribution in [-0.4, -0.2) is 25.2 Å². The molecule has 0 bridgehead atoms. The zero-order chi connectivity index (χ0) is 11.1. The summed E-state index contributed by atoms with van der Waals surface area (Å²) >= 11 is 1.76. The van der Waals surface area contributed by atoms with Crippen LogP contribution in [0.4, 0.5) is 4.39 Å². The molecular formula is C11H15FO2S. The first-order chi connectivity index (χ1) is 7.29. The Morgan fingerprint density at radius 1 is 1.40 bits per heavy atom. The van der Waals surface area contributed by atoms with Crippen molar-refractivity contribution in [2.45, 2.75) is 6.92 Å². The van der Waals surface area contributed by atoms with Crippen LogP contribution in [0.3, 0.4) is 0 Å². The minimum atomic E-state index is -0.379. The quantitative estimate of drug-likeness (QED) is 0.700. The van der Waals surface area contributed by atoms with E-state index in [0.29, 0.717) is 12.4 Å². The number of benzene rings is 1. The molecule has 0 aliphatic heterocycles. The Kier molecular flexibility index (Phi) is 5.32. The summed E-state index contributed by atoms with van der Waals surface area (Å²) in [5.41, 5.74) is 0. The Balaban J connectivity index is 2.58. The van der Waals surface area contributed by atoms with Crippen molar-refractivity contribution in [1.29, 1.82) is 0 Å². The van der Waals surface area contributed by atoms with E-state index in [1.165, 1.54) is 13.2 Å². The molecule has 0 saturated carbocycles. The number of methoxy groups -OCH3 is 1. The highest BCUT2D eigenvalue weighted by Gasteiger charge is 2.09. The third-order valence-electron chi connectivity index (χ3n) is 1.83. The minimum absolute atomic E-state index is 0.205. The van der Waals surface area contributed by atoms with Crippen molar-refractivity contribution in [1.82, 2.24) is 0 Å². The van der Waals surface area contributed by atoms with E-state index < -0.39 is 0 Å². The second-order valence-electron chi connectivity index (χ2n) is 2.82. The minimum Gasteiger partial charge on any atom is -0.493 e. The fraction of sp³-hybridized carbons (Fsp3) is 0.455. The molecule has 84 valence electrons. The number of thioether (sulfide) groups is 1. The van der Waals surface area contributed by atoms with Crippen molar-refractivity contribution in [2.75, 3.05) is 25.2 Å². The van der Waals surface area contributed by atoms with Crippen LogP contribution in [0.15, 0.2) is 18.2 Å². The van der Waals surface area contributed by atoms with Gasteiger partial charge in [-0.15, -0.1) is 0 Å². The molecule has 0 spiro atoms. The van der Waals surface area contributed by atoms with Gasteiger partial charge >= 0.3 is 0 Å². The maximum absolute atomic E-state index is 13.3. The maximum atomic E-state index is 13.3. The monoisotopic (exact) mass is 230 g/mol. The molecular weight excluding hydrogens is 215 g/mol. The van der Waals surface area contributed by atoms with Gasteiger partial charge in [-0.2, -0.15) is 11.8 Å². The molecule has 0 aliphatic carbocycles. The zero-order valence-electron chi connectivity index (χ0n) is 8.96. The Morgan fingerprint density at radius 3 is 2.87 bits per heavy atom. The predicted molar refractivity (Wildman–Crippen MR) is 61.4 cm³/mol. The average molecular weight is 230 g/mol. The molecule has 0 radical (unpaired) electrons. The highest BCUT2D eigenvalue weighted by molar-refractivity contribution is 7.99. The van der Waals surface area contributed by atoms with E-state index in [1.807, 2.05) is 0 Å². The predicted octanol–water partition coefficient (Wildman–Crippen LogP) is 2.97. The number of para-hydroxylation sites is 1. The summed E-state index contributed by atoms with van der Waals surface area (Å²) in [5.74, 6) is 2.16. The molecule has 0 unspecified atom stereocenters. The topological polar surface area (TPSA) is 18.5 Å². The summed E-state index contributed by atoms with van der Waals surface area (Å²) in [4.78, 5) is 0. The standard InChI is InChI=1S/C11H15FO2S/c1-3-15-8-7-14-11-9(12)5-4-6-10(11)13-2/h4-6H,3,7-8H2,1-2H3. The van der Waals surface area contributed by atoms with Gasteiger partial charge in [0.25, 0.3) is 0 Å². The van der Waals surface area contributed by atoms with Crippen LogP contribution in [-0.2, 0) is 0 Å². The van der Waals surface area contributed by atoms with Gasteiger partial charge in [-0.05, 0) is 17.9 Å². The zero-order valence-corrected chi connectivity index (χ0v) is 9.77. The smallest absolute Gasteiger partial charge is 0.197 e. The van der Waals surface area contributed by atoms with E-state index >= 15 is 0 Å². The van der Waals surface area contributed by atoms with E-state index in [0.717, 1.165) is 11.5 Å². The molecule has 15 heavy (non-hydrogen) atoms. The Hall–Kier alpha value is -0.900. The van der Waals surface area contributed by atoms with Crippen LogP contribution in [0.25, 0.3) is 0 Å². The van der Waals surface area contributed by atoms with E-state index in [2.05, 4.69) is 6.92 Å². The third-order valence-corrected chi connectivity index (χ3v) is 2.69.